The molecule has 10 heteroatoms. The first kappa shape index (κ1) is 16.4. The van der Waals surface area contributed by atoms with Crippen LogP contribution in [0.4, 0.5) is 22.7 Å². The van der Waals surface area contributed by atoms with E-state index in [9.17, 15) is 20.2 Å². The Balaban J connectivity index is 2.63. The van der Waals surface area contributed by atoms with Crippen molar-refractivity contribution in [2.45, 2.75) is 0 Å². The van der Waals surface area contributed by atoms with Crippen molar-refractivity contribution < 1.29 is 9.85 Å². The Kier molecular flexibility index (Phi) is 3.80. The van der Waals surface area contributed by atoms with E-state index in [1.807, 2.05) is 0 Å². The fraction of sp³-hybridized carbons (Fsp3) is 0. The van der Waals surface area contributed by atoms with Crippen LogP contribution in [-0.4, -0.2) is 9.85 Å². The van der Waals surface area contributed by atoms with Gasteiger partial charge in [-0.15, -0.1) is 0 Å². The van der Waals surface area contributed by atoms with Crippen molar-refractivity contribution >= 4 is 76.2 Å². The van der Waals surface area contributed by atoms with Gasteiger partial charge in [0.15, 0.2) is 0 Å². The van der Waals surface area contributed by atoms with E-state index in [1.165, 1.54) is 24.3 Å². The molecule has 0 aliphatic rings. The molecule has 0 heterocycles. The van der Waals surface area contributed by atoms with E-state index >= 15 is 0 Å². The standard InChI is InChI=1S/C14H8Br2N4O4/c15-9-4-12(19(21)22)6-2-8-5(1-7(6)13(9)18)11(17)3-10(16)14(8)20(23)24/h1-4H,17-18H2. The highest BCUT2D eigenvalue weighted by atomic mass is 79.9. The zero-order valence-corrected chi connectivity index (χ0v) is 14.9. The summed E-state index contributed by atoms with van der Waals surface area (Å²) < 4.78 is 0.566. The van der Waals surface area contributed by atoms with E-state index in [1.54, 1.807) is 0 Å². The molecular formula is C14H8Br2N4O4. The zero-order chi connectivity index (χ0) is 17.8. The van der Waals surface area contributed by atoms with Crippen LogP contribution in [0.25, 0.3) is 21.5 Å². The number of rotatable bonds is 2. The maximum absolute atomic E-state index is 11.4. The van der Waals surface area contributed by atoms with Gasteiger partial charge >= 0.3 is 0 Å². The molecule has 8 nitrogen and oxygen atoms in total. The molecule has 0 aliphatic heterocycles. The van der Waals surface area contributed by atoms with Crippen molar-refractivity contribution in [3.05, 3.63) is 53.4 Å². The molecule has 3 aromatic rings. The van der Waals surface area contributed by atoms with Crippen LogP contribution in [0.5, 0.6) is 0 Å². The average Bonchev–Trinajstić information content (AvgIpc) is 2.49. The lowest BCUT2D eigenvalue weighted by Crippen LogP contribution is -1.98. The number of anilines is 2. The lowest BCUT2D eigenvalue weighted by Gasteiger charge is -2.10. The van der Waals surface area contributed by atoms with Gasteiger partial charge in [-0.2, -0.15) is 0 Å². The first-order valence-electron chi connectivity index (χ1n) is 6.44. The Labute approximate surface area is 151 Å². The molecule has 0 unspecified atom stereocenters. The molecule has 0 aliphatic carbocycles. The molecule has 0 amide bonds. The molecule has 24 heavy (non-hydrogen) atoms. The SMILES string of the molecule is Nc1cc(Br)c([N+](=O)[O-])c2cc3c([N+](=O)[O-])cc(Br)c(N)c3cc12. The van der Waals surface area contributed by atoms with Gasteiger partial charge in [0.25, 0.3) is 11.4 Å². The van der Waals surface area contributed by atoms with Crippen molar-refractivity contribution in [2.75, 3.05) is 11.5 Å². The van der Waals surface area contributed by atoms with E-state index in [2.05, 4.69) is 31.9 Å². The number of nitro benzene ring substituents is 2. The highest BCUT2D eigenvalue weighted by Gasteiger charge is 2.23. The highest BCUT2D eigenvalue weighted by Crippen LogP contribution is 2.43. The summed E-state index contributed by atoms with van der Waals surface area (Å²) in [7, 11) is 0. The monoisotopic (exact) mass is 454 g/mol. The Hall–Kier alpha value is -2.46. The third-order valence-electron chi connectivity index (χ3n) is 3.70. The molecule has 0 atom stereocenters. The summed E-state index contributed by atoms with van der Waals surface area (Å²) in [4.78, 5) is 21.6. The third kappa shape index (κ3) is 2.34. The van der Waals surface area contributed by atoms with E-state index in [0.717, 1.165) is 0 Å². The summed E-state index contributed by atoms with van der Waals surface area (Å²) in [6.07, 6.45) is 0. The Bertz CT molecular complexity index is 1070. The van der Waals surface area contributed by atoms with Crippen LogP contribution >= 0.6 is 31.9 Å². The Morgan fingerprint density at radius 1 is 0.792 bits per heavy atom. The van der Waals surface area contributed by atoms with Crippen molar-refractivity contribution in [2.24, 2.45) is 0 Å². The number of fused-ring (bicyclic) bond motifs is 2. The van der Waals surface area contributed by atoms with Gasteiger partial charge in [-0.3, -0.25) is 20.2 Å². The fourth-order valence-corrected chi connectivity index (χ4v) is 3.66. The molecular weight excluding hydrogens is 448 g/mol. The number of benzene rings is 3. The van der Waals surface area contributed by atoms with Crippen molar-refractivity contribution in [1.82, 2.24) is 0 Å². The molecule has 122 valence electrons. The molecule has 0 saturated carbocycles. The first-order chi connectivity index (χ1) is 11.2. The Morgan fingerprint density at radius 3 is 2.00 bits per heavy atom. The fourth-order valence-electron chi connectivity index (χ4n) is 2.62. The van der Waals surface area contributed by atoms with Gasteiger partial charge in [0.1, 0.15) is 0 Å². The quantitative estimate of drug-likeness (QED) is 0.252. The lowest BCUT2D eigenvalue weighted by molar-refractivity contribution is -0.383. The summed E-state index contributed by atoms with van der Waals surface area (Å²) in [5, 5.41) is 23.9. The van der Waals surface area contributed by atoms with Crippen LogP contribution in [-0.2, 0) is 0 Å². The second-order valence-electron chi connectivity index (χ2n) is 5.05. The predicted molar refractivity (Wildman–Crippen MR) is 99.0 cm³/mol. The van der Waals surface area contributed by atoms with Gasteiger partial charge in [0.05, 0.1) is 30.8 Å². The van der Waals surface area contributed by atoms with Gasteiger partial charge in [-0.1, -0.05) is 0 Å². The average molecular weight is 456 g/mol. The molecule has 3 rings (SSSR count). The highest BCUT2D eigenvalue weighted by molar-refractivity contribution is 9.11. The smallest absolute Gasteiger partial charge is 0.291 e. The van der Waals surface area contributed by atoms with E-state index < -0.39 is 9.85 Å². The number of nitrogens with two attached hydrogens (primary N) is 2. The van der Waals surface area contributed by atoms with Crippen LogP contribution in [0.15, 0.2) is 33.2 Å². The second kappa shape index (κ2) is 5.56. The topological polar surface area (TPSA) is 138 Å². The predicted octanol–water partition coefficient (Wildman–Crippen LogP) is 4.50. The molecule has 0 radical (unpaired) electrons. The van der Waals surface area contributed by atoms with Crippen LogP contribution in [0.2, 0.25) is 0 Å². The summed E-state index contributed by atoms with van der Waals surface area (Å²) >= 11 is 6.31. The van der Waals surface area contributed by atoms with E-state index in [-0.39, 0.29) is 26.6 Å². The molecule has 3 aromatic carbocycles. The van der Waals surface area contributed by atoms with Crippen LogP contribution in [0.3, 0.4) is 0 Å². The molecule has 0 aromatic heterocycles. The summed E-state index contributed by atoms with van der Waals surface area (Å²) in [6, 6.07) is 5.61. The van der Waals surface area contributed by atoms with Gasteiger partial charge in [-0.25, -0.2) is 0 Å². The van der Waals surface area contributed by atoms with Gasteiger partial charge in [-0.05, 0) is 50.1 Å². The van der Waals surface area contributed by atoms with Crippen molar-refractivity contribution in [3.8, 4) is 0 Å². The summed E-state index contributed by atoms with van der Waals surface area (Å²) in [5.41, 5.74) is 12.1. The number of nitrogen functional groups attached to an aromatic ring is 2. The number of nitro groups is 2. The van der Waals surface area contributed by atoms with Crippen LogP contribution < -0.4 is 11.5 Å². The maximum Gasteiger partial charge on any atom is 0.291 e. The third-order valence-corrected chi connectivity index (χ3v) is 4.96. The number of non-ortho nitro benzene ring substituents is 1. The number of nitrogens with zero attached hydrogens (tertiary/aromatic N) is 2. The molecule has 0 saturated heterocycles. The van der Waals surface area contributed by atoms with Gasteiger partial charge in [0, 0.05) is 27.0 Å². The summed E-state index contributed by atoms with van der Waals surface area (Å²) in [6.45, 7) is 0. The molecule has 0 spiro atoms. The molecule has 0 bridgehead atoms. The molecule has 4 N–H and O–H groups in total. The minimum Gasteiger partial charge on any atom is -0.398 e. The Morgan fingerprint density at radius 2 is 1.42 bits per heavy atom. The number of halogens is 2. The van der Waals surface area contributed by atoms with E-state index in [4.69, 9.17) is 11.5 Å². The van der Waals surface area contributed by atoms with Crippen LogP contribution in [0, 0.1) is 20.2 Å². The van der Waals surface area contributed by atoms with Gasteiger partial charge in [0.2, 0.25) is 0 Å². The van der Waals surface area contributed by atoms with Crippen LogP contribution in [0.1, 0.15) is 0 Å². The zero-order valence-electron chi connectivity index (χ0n) is 11.7. The molecule has 0 fully saturated rings. The number of hydrogen-bond donors (Lipinski definition) is 2. The number of hydrogen-bond acceptors (Lipinski definition) is 6. The normalized spacial score (nSPS) is 11.1. The maximum atomic E-state index is 11.4. The van der Waals surface area contributed by atoms with Gasteiger partial charge < -0.3 is 11.5 Å². The summed E-state index contributed by atoms with van der Waals surface area (Å²) in [5.74, 6) is 0. The first-order valence-corrected chi connectivity index (χ1v) is 8.03. The lowest BCUT2D eigenvalue weighted by atomic mass is 9.99. The van der Waals surface area contributed by atoms with Crippen molar-refractivity contribution in [3.63, 3.8) is 0 Å². The van der Waals surface area contributed by atoms with E-state index in [0.29, 0.717) is 26.6 Å². The van der Waals surface area contributed by atoms with Crippen molar-refractivity contribution in [1.29, 1.82) is 0 Å². The minimum absolute atomic E-state index is 0.198. The minimum atomic E-state index is -0.564. The largest absolute Gasteiger partial charge is 0.398 e. The second-order valence-corrected chi connectivity index (χ2v) is 6.75.